The molecule has 3 unspecified atom stereocenters. The Morgan fingerprint density at radius 1 is 1.23 bits per heavy atom. The first-order valence-electron chi connectivity index (χ1n) is 10.7. The zero-order chi connectivity index (χ0) is 22.2. The van der Waals surface area contributed by atoms with Crippen LogP contribution >= 0.6 is 0 Å². The number of hydrazine groups is 1. The number of carbonyl (C=O) groups excluding carboxylic acids is 1. The van der Waals surface area contributed by atoms with Crippen molar-refractivity contribution in [2.45, 2.75) is 62.6 Å². The van der Waals surface area contributed by atoms with Gasteiger partial charge in [-0.1, -0.05) is 25.0 Å². The van der Waals surface area contributed by atoms with Crippen molar-refractivity contribution in [1.29, 1.82) is 5.26 Å². The van der Waals surface area contributed by atoms with Gasteiger partial charge in [0, 0.05) is 24.3 Å². The summed E-state index contributed by atoms with van der Waals surface area (Å²) in [5.74, 6) is -0.634. The fraction of sp³-hybridized carbons (Fsp3) is 0.619. The number of rotatable bonds is 4. The smallest absolute Gasteiger partial charge is 0.368 e. The van der Waals surface area contributed by atoms with Crippen LogP contribution in [0.2, 0.25) is 0 Å². The lowest BCUT2D eigenvalue weighted by atomic mass is 9.83. The van der Waals surface area contributed by atoms with E-state index in [0.717, 1.165) is 32.1 Å². The predicted octanol–water partition coefficient (Wildman–Crippen LogP) is 2.39. The highest BCUT2D eigenvalue weighted by Crippen LogP contribution is 2.37. The number of nitrogens with two attached hydrogens (primary N) is 1. The third kappa shape index (κ3) is 4.35. The average molecular weight is 436 g/mol. The zero-order valence-electron chi connectivity index (χ0n) is 17.0. The minimum Gasteiger partial charge on any atom is -0.368 e. The highest BCUT2D eigenvalue weighted by atomic mass is 19.4. The number of anilines is 1. The Labute approximate surface area is 179 Å². The van der Waals surface area contributed by atoms with Crippen molar-refractivity contribution in [3.8, 4) is 6.07 Å². The van der Waals surface area contributed by atoms with Crippen LogP contribution < -0.4 is 21.8 Å². The molecule has 4 rings (SSSR count). The molecule has 31 heavy (non-hydrogen) atoms. The van der Waals surface area contributed by atoms with E-state index < -0.39 is 24.3 Å². The molecule has 10 heteroatoms. The first kappa shape index (κ1) is 21.9. The number of nitrogens with one attached hydrogen (secondary N) is 3. The van der Waals surface area contributed by atoms with Gasteiger partial charge in [-0.3, -0.25) is 4.79 Å². The summed E-state index contributed by atoms with van der Waals surface area (Å²) < 4.78 is 39.1. The van der Waals surface area contributed by atoms with E-state index in [1.807, 2.05) is 0 Å². The number of amides is 1. The van der Waals surface area contributed by atoms with Crippen molar-refractivity contribution in [2.24, 2.45) is 17.6 Å². The standard InChI is InChI=1S/C21H27F3N6O/c22-21(23,24)18(26)12-5-3-6-14(10-12)28-19-17-16(8-9-27-20(17)31)30(29-19)15-7-2-1-4-13(15)11-25/h3,5-6,10,13,15-19,28-29H,1-2,4,7-9,26H2,(H,27,31)/t13-,15+,16?,17?,18+,19?/m1/s1. The minimum atomic E-state index is -4.54. The molecule has 2 heterocycles. The molecule has 5 N–H and O–H groups in total. The Kier molecular flexibility index (Phi) is 6.10. The van der Waals surface area contributed by atoms with E-state index in [1.54, 1.807) is 6.07 Å². The second kappa shape index (κ2) is 8.65. The van der Waals surface area contributed by atoms with E-state index in [-0.39, 0.29) is 29.5 Å². The van der Waals surface area contributed by atoms with Crippen molar-refractivity contribution in [3.63, 3.8) is 0 Å². The maximum atomic E-state index is 13.0. The van der Waals surface area contributed by atoms with Crippen LogP contribution in [-0.4, -0.2) is 41.9 Å². The number of piperidine rings is 1. The van der Waals surface area contributed by atoms with Crippen molar-refractivity contribution < 1.29 is 18.0 Å². The number of carbonyl (C=O) groups is 1. The summed E-state index contributed by atoms with van der Waals surface area (Å²) in [6.45, 7) is 0.560. The maximum Gasteiger partial charge on any atom is 0.407 e. The van der Waals surface area contributed by atoms with Gasteiger partial charge in [0.2, 0.25) is 5.91 Å². The van der Waals surface area contributed by atoms with Gasteiger partial charge in [-0.15, -0.1) is 0 Å². The van der Waals surface area contributed by atoms with Crippen molar-refractivity contribution in [1.82, 2.24) is 15.8 Å². The minimum absolute atomic E-state index is 0.00827. The number of alkyl halides is 3. The summed E-state index contributed by atoms with van der Waals surface area (Å²) in [5, 5.41) is 17.8. The molecule has 7 nitrogen and oxygen atoms in total. The largest absolute Gasteiger partial charge is 0.407 e. The Bertz CT molecular complexity index is 856. The third-order valence-corrected chi connectivity index (χ3v) is 6.63. The van der Waals surface area contributed by atoms with Gasteiger partial charge in [0.25, 0.3) is 0 Å². The van der Waals surface area contributed by atoms with Gasteiger partial charge >= 0.3 is 6.18 Å². The molecule has 0 bridgehead atoms. The predicted molar refractivity (Wildman–Crippen MR) is 108 cm³/mol. The molecule has 1 aromatic carbocycles. The van der Waals surface area contributed by atoms with Crippen LogP contribution in [0.25, 0.3) is 0 Å². The van der Waals surface area contributed by atoms with Gasteiger partial charge < -0.3 is 16.4 Å². The van der Waals surface area contributed by atoms with E-state index in [0.29, 0.717) is 12.2 Å². The van der Waals surface area contributed by atoms with Gasteiger partial charge in [-0.2, -0.15) is 18.4 Å². The van der Waals surface area contributed by atoms with E-state index in [2.05, 4.69) is 27.1 Å². The number of nitrogens with zero attached hydrogens (tertiary/aromatic N) is 2. The molecular weight excluding hydrogens is 409 g/mol. The molecule has 1 aromatic rings. The number of hydrogen-bond donors (Lipinski definition) is 4. The van der Waals surface area contributed by atoms with E-state index in [9.17, 15) is 23.2 Å². The summed E-state index contributed by atoms with van der Waals surface area (Å²) in [7, 11) is 0. The van der Waals surface area contributed by atoms with E-state index in [1.165, 1.54) is 18.2 Å². The number of hydrogen-bond acceptors (Lipinski definition) is 6. The zero-order valence-corrected chi connectivity index (χ0v) is 17.0. The van der Waals surface area contributed by atoms with E-state index in [4.69, 9.17) is 5.73 Å². The molecule has 1 saturated carbocycles. The summed E-state index contributed by atoms with van der Waals surface area (Å²) in [5.41, 5.74) is 9.14. The lowest BCUT2D eigenvalue weighted by Gasteiger charge is -2.39. The van der Waals surface area contributed by atoms with Crippen LogP contribution in [0, 0.1) is 23.2 Å². The summed E-state index contributed by atoms with van der Waals surface area (Å²) in [6.07, 6.45) is -0.538. The number of nitriles is 1. The van der Waals surface area contributed by atoms with Crippen LogP contribution in [0.4, 0.5) is 18.9 Å². The summed E-state index contributed by atoms with van der Waals surface area (Å²) in [6, 6.07) is 6.15. The normalized spacial score (nSPS) is 32.6. The number of fused-ring (bicyclic) bond motifs is 1. The van der Waals surface area contributed by atoms with Crippen LogP contribution in [-0.2, 0) is 4.79 Å². The van der Waals surface area contributed by atoms with Gasteiger partial charge in [-0.05, 0) is 37.0 Å². The quantitative estimate of drug-likeness (QED) is 0.578. The summed E-state index contributed by atoms with van der Waals surface area (Å²) >= 11 is 0. The highest BCUT2D eigenvalue weighted by molar-refractivity contribution is 5.82. The molecule has 0 aromatic heterocycles. The molecule has 2 aliphatic heterocycles. The molecule has 1 aliphatic carbocycles. The fourth-order valence-corrected chi connectivity index (χ4v) is 5.09. The molecule has 2 saturated heterocycles. The molecule has 168 valence electrons. The monoisotopic (exact) mass is 436 g/mol. The Balaban J connectivity index is 1.57. The topological polar surface area (TPSA) is 106 Å². The van der Waals surface area contributed by atoms with Crippen LogP contribution in [0.1, 0.15) is 43.7 Å². The molecular formula is C21H27F3N6O. The van der Waals surface area contributed by atoms with Crippen molar-refractivity contribution >= 4 is 11.6 Å². The van der Waals surface area contributed by atoms with Gasteiger partial charge in [0.1, 0.15) is 12.2 Å². The number of halogens is 3. The molecule has 3 aliphatic rings. The van der Waals surface area contributed by atoms with Gasteiger partial charge in [0.05, 0.1) is 17.9 Å². The average Bonchev–Trinajstić information content (AvgIpc) is 3.12. The third-order valence-electron chi connectivity index (χ3n) is 6.63. The van der Waals surface area contributed by atoms with Crippen LogP contribution in [0.15, 0.2) is 24.3 Å². The van der Waals surface area contributed by atoms with Gasteiger partial charge in [0.15, 0.2) is 0 Å². The van der Waals surface area contributed by atoms with Gasteiger partial charge in [-0.25, -0.2) is 10.4 Å². The SMILES string of the molecule is N#C[C@H]1CCCC[C@@H]1N1NC(Nc2cccc([C@H](N)C(F)(F)F)c2)C2C(=O)NCCC21. The first-order valence-corrected chi connectivity index (χ1v) is 10.7. The second-order valence-corrected chi connectivity index (χ2v) is 8.56. The lowest BCUT2D eigenvalue weighted by molar-refractivity contribution is -0.149. The summed E-state index contributed by atoms with van der Waals surface area (Å²) in [4.78, 5) is 12.7. The second-order valence-electron chi connectivity index (χ2n) is 8.56. The molecule has 0 radical (unpaired) electrons. The van der Waals surface area contributed by atoms with Crippen molar-refractivity contribution in [3.05, 3.63) is 29.8 Å². The first-order chi connectivity index (χ1) is 14.8. The Morgan fingerprint density at radius 2 is 2.00 bits per heavy atom. The highest BCUT2D eigenvalue weighted by Gasteiger charge is 2.51. The Hall–Kier alpha value is -2.35. The Morgan fingerprint density at radius 3 is 2.74 bits per heavy atom. The fourth-order valence-electron chi connectivity index (χ4n) is 5.09. The molecule has 3 fully saturated rings. The maximum absolute atomic E-state index is 13.0. The number of benzene rings is 1. The molecule has 0 spiro atoms. The molecule has 6 atom stereocenters. The van der Waals surface area contributed by atoms with Crippen LogP contribution in [0.5, 0.6) is 0 Å². The molecule has 1 amide bonds. The lowest BCUT2D eigenvalue weighted by Crippen LogP contribution is -2.54. The van der Waals surface area contributed by atoms with Crippen molar-refractivity contribution in [2.75, 3.05) is 11.9 Å². The van der Waals surface area contributed by atoms with Crippen LogP contribution in [0.3, 0.4) is 0 Å². The van der Waals surface area contributed by atoms with E-state index >= 15 is 0 Å².